The molecule has 1 aromatic carbocycles. The lowest BCUT2D eigenvalue weighted by molar-refractivity contribution is -0.146. The molecule has 2 N–H and O–H groups in total. The summed E-state index contributed by atoms with van der Waals surface area (Å²) in [6, 6.07) is 7.82. The van der Waals surface area contributed by atoms with Gasteiger partial charge in [0.05, 0.1) is 11.0 Å². The van der Waals surface area contributed by atoms with Crippen molar-refractivity contribution in [3.8, 4) is 6.07 Å². The van der Waals surface area contributed by atoms with Gasteiger partial charge in [0.15, 0.2) is 12.4 Å². The van der Waals surface area contributed by atoms with Crippen LogP contribution in [0.3, 0.4) is 0 Å². The van der Waals surface area contributed by atoms with Crippen LogP contribution in [0.4, 0.5) is 0 Å². The zero-order valence-electron chi connectivity index (χ0n) is 13.1. The normalized spacial score (nSPS) is 17.0. The van der Waals surface area contributed by atoms with Crippen LogP contribution in [-0.2, 0) is 24.3 Å². The van der Waals surface area contributed by atoms with Gasteiger partial charge in [-0.25, -0.2) is 8.42 Å². The SMILES string of the molecule is CC(=N)C(C#N)C(=O)COC(=O)CN=C1NS(=O)(=O)c2ccccc21. The quantitative estimate of drug-likeness (QED) is 0.538. The molecule has 1 atom stereocenters. The molecule has 0 saturated carbocycles. The number of nitriles is 1. The van der Waals surface area contributed by atoms with Crippen LogP contribution in [0.1, 0.15) is 12.5 Å². The molecule has 10 heteroatoms. The van der Waals surface area contributed by atoms with Crippen molar-refractivity contribution < 1.29 is 22.7 Å². The van der Waals surface area contributed by atoms with Crippen LogP contribution in [-0.4, -0.2) is 44.9 Å². The zero-order valence-corrected chi connectivity index (χ0v) is 14.0. The maximum atomic E-state index is 11.9. The van der Waals surface area contributed by atoms with Gasteiger partial charge in [-0.15, -0.1) is 0 Å². The summed E-state index contributed by atoms with van der Waals surface area (Å²) in [6.07, 6.45) is 0. The van der Waals surface area contributed by atoms with E-state index in [1.165, 1.54) is 13.0 Å². The van der Waals surface area contributed by atoms with E-state index in [1.54, 1.807) is 24.3 Å². The van der Waals surface area contributed by atoms with Gasteiger partial charge in [-0.3, -0.25) is 19.3 Å². The average Bonchev–Trinajstić information content (AvgIpc) is 2.82. The smallest absolute Gasteiger partial charge is 0.328 e. The van der Waals surface area contributed by atoms with Gasteiger partial charge in [-0.05, 0) is 19.1 Å². The molecule has 130 valence electrons. The van der Waals surface area contributed by atoms with E-state index in [9.17, 15) is 18.0 Å². The predicted molar refractivity (Wildman–Crippen MR) is 86.6 cm³/mol. The van der Waals surface area contributed by atoms with Crippen molar-refractivity contribution in [3.05, 3.63) is 29.8 Å². The Bertz CT molecular complexity index is 914. The average molecular weight is 362 g/mol. The van der Waals surface area contributed by atoms with Crippen LogP contribution in [0, 0.1) is 22.7 Å². The number of hydrogen-bond donors (Lipinski definition) is 2. The first-order valence-electron chi connectivity index (χ1n) is 7.06. The number of Topliss-reactive ketones (excluding diaryl/α,β-unsaturated/α-hetero) is 1. The van der Waals surface area contributed by atoms with E-state index in [-0.39, 0.29) is 16.4 Å². The number of carbonyl (C=O) groups is 2. The number of benzene rings is 1. The highest BCUT2D eigenvalue weighted by Crippen LogP contribution is 2.21. The first-order valence-corrected chi connectivity index (χ1v) is 8.54. The third-order valence-electron chi connectivity index (χ3n) is 3.29. The van der Waals surface area contributed by atoms with E-state index in [0.717, 1.165) is 0 Å². The lowest BCUT2D eigenvalue weighted by Crippen LogP contribution is -2.27. The number of ether oxygens (including phenoxy) is 1. The number of aliphatic imine (C=N–C) groups is 1. The van der Waals surface area contributed by atoms with E-state index < -0.39 is 40.8 Å². The number of esters is 1. The van der Waals surface area contributed by atoms with E-state index in [2.05, 4.69) is 9.71 Å². The molecule has 1 aliphatic heterocycles. The van der Waals surface area contributed by atoms with Crippen LogP contribution < -0.4 is 4.72 Å². The molecule has 25 heavy (non-hydrogen) atoms. The first-order chi connectivity index (χ1) is 11.8. The number of amidine groups is 1. The standard InChI is InChI=1S/C15H14N4O5S/c1-9(17)11(6-16)12(20)8-24-14(21)7-18-15-10-4-2-3-5-13(10)25(22,23)19-15/h2-5,11,17H,7-8H2,1H3,(H,18,19). The van der Waals surface area contributed by atoms with Crippen LogP contribution in [0.2, 0.25) is 0 Å². The number of hydrogen-bond acceptors (Lipinski definition) is 8. The topological polar surface area (TPSA) is 150 Å². The van der Waals surface area contributed by atoms with E-state index in [4.69, 9.17) is 15.4 Å². The third kappa shape index (κ3) is 4.07. The number of ketones is 1. The Morgan fingerprint density at radius 2 is 2.08 bits per heavy atom. The molecule has 0 bridgehead atoms. The summed E-state index contributed by atoms with van der Waals surface area (Å²) in [7, 11) is -3.70. The second kappa shape index (κ2) is 7.23. The van der Waals surface area contributed by atoms with Gasteiger partial charge in [0.1, 0.15) is 18.3 Å². The van der Waals surface area contributed by atoms with E-state index >= 15 is 0 Å². The highest BCUT2D eigenvalue weighted by Gasteiger charge is 2.30. The van der Waals surface area contributed by atoms with Gasteiger partial charge in [-0.1, -0.05) is 12.1 Å². The van der Waals surface area contributed by atoms with E-state index in [1.807, 2.05) is 0 Å². The molecular formula is C15H14N4O5S. The minimum absolute atomic E-state index is 0.0177. The van der Waals surface area contributed by atoms with Gasteiger partial charge in [0.2, 0.25) is 0 Å². The predicted octanol–water partition coefficient (Wildman–Crippen LogP) is 0.0169. The van der Waals surface area contributed by atoms with Crippen molar-refractivity contribution in [3.63, 3.8) is 0 Å². The first kappa shape index (κ1) is 18.3. The fourth-order valence-corrected chi connectivity index (χ4v) is 3.34. The van der Waals surface area contributed by atoms with Crippen molar-refractivity contribution in [2.45, 2.75) is 11.8 Å². The van der Waals surface area contributed by atoms with Gasteiger partial charge >= 0.3 is 5.97 Å². The Labute approximate surface area is 143 Å². The minimum Gasteiger partial charge on any atom is -0.456 e. The van der Waals surface area contributed by atoms with Crippen LogP contribution in [0.15, 0.2) is 34.2 Å². The van der Waals surface area contributed by atoms with Crippen molar-refractivity contribution in [1.82, 2.24) is 4.72 Å². The van der Waals surface area contributed by atoms with Gasteiger partial charge in [-0.2, -0.15) is 5.26 Å². The Hall–Kier alpha value is -3.06. The molecule has 0 aromatic heterocycles. The van der Waals surface area contributed by atoms with Gasteiger partial charge < -0.3 is 10.1 Å². The Balaban J connectivity index is 1.99. The molecule has 0 spiro atoms. The molecule has 1 aromatic rings. The number of rotatable bonds is 6. The molecule has 0 saturated heterocycles. The van der Waals surface area contributed by atoms with Crippen LogP contribution in [0.5, 0.6) is 0 Å². The van der Waals surface area contributed by atoms with Gasteiger partial charge in [0.25, 0.3) is 10.0 Å². The molecule has 0 amide bonds. The molecule has 2 rings (SSSR count). The Morgan fingerprint density at radius 1 is 1.40 bits per heavy atom. The van der Waals surface area contributed by atoms with Crippen molar-refractivity contribution in [2.24, 2.45) is 10.9 Å². The number of fused-ring (bicyclic) bond motifs is 1. The second-order valence-corrected chi connectivity index (χ2v) is 6.79. The number of nitrogens with one attached hydrogen (secondary N) is 2. The monoisotopic (exact) mass is 362 g/mol. The summed E-state index contributed by atoms with van der Waals surface area (Å²) in [5, 5.41) is 16.1. The Kier molecular flexibility index (Phi) is 5.29. The molecule has 9 nitrogen and oxygen atoms in total. The van der Waals surface area contributed by atoms with Crippen LogP contribution in [0.25, 0.3) is 0 Å². The minimum atomic E-state index is -3.70. The fraction of sp³-hybridized carbons (Fsp3) is 0.267. The number of nitrogens with zero attached hydrogens (tertiary/aromatic N) is 2. The molecule has 0 radical (unpaired) electrons. The summed E-state index contributed by atoms with van der Waals surface area (Å²) in [6.45, 7) is 0.157. The second-order valence-electron chi connectivity index (χ2n) is 5.14. The maximum absolute atomic E-state index is 11.9. The molecule has 1 aliphatic rings. The lowest BCUT2D eigenvalue weighted by atomic mass is 10.0. The third-order valence-corrected chi connectivity index (χ3v) is 4.69. The molecular weight excluding hydrogens is 348 g/mol. The number of carbonyl (C=O) groups excluding carboxylic acids is 2. The van der Waals surface area contributed by atoms with Crippen molar-refractivity contribution in [1.29, 1.82) is 10.7 Å². The molecule has 0 aliphatic carbocycles. The summed E-state index contributed by atoms with van der Waals surface area (Å²) in [5.74, 6) is -2.80. The van der Waals surface area contributed by atoms with Gasteiger partial charge in [0, 0.05) is 11.3 Å². The maximum Gasteiger partial charge on any atom is 0.328 e. The molecule has 1 heterocycles. The van der Waals surface area contributed by atoms with E-state index in [0.29, 0.717) is 5.56 Å². The van der Waals surface area contributed by atoms with Crippen molar-refractivity contribution in [2.75, 3.05) is 13.2 Å². The molecule has 1 unspecified atom stereocenters. The summed E-state index contributed by atoms with van der Waals surface area (Å²) < 4.78 is 30.7. The highest BCUT2D eigenvalue weighted by atomic mass is 32.2. The van der Waals surface area contributed by atoms with Crippen molar-refractivity contribution >= 4 is 33.3 Å². The number of sulfonamides is 1. The van der Waals surface area contributed by atoms with Crippen LogP contribution >= 0.6 is 0 Å². The fourth-order valence-electron chi connectivity index (χ4n) is 2.09. The lowest BCUT2D eigenvalue weighted by Gasteiger charge is -2.06. The Morgan fingerprint density at radius 3 is 2.72 bits per heavy atom. The highest BCUT2D eigenvalue weighted by molar-refractivity contribution is 7.90. The summed E-state index contributed by atoms with van der Waals surface area (Å²) in [4.78, 5) is 27.3. The molecule has 0 fully saturated rings. The zero-order chi connectivity index (χ0) is 18.6. The summed E-state index contributed by atoms with van der Waals surface area (Å²) in [5.41, 5.74) is 0.205. The largest absolute Gasteiger partial charge is 0.456 e. The summed E-state index contributed by atoms with van der Waals surface area (Å²) >= 11 is 0.